The van der Waals surface area contributed by atoms with Gasteiger partial charge in [0.2, 0.25) is 0 Å². The second kappa shape index (κ2) is 9.50. The molecule has 1 atom stereocenters. The van der Waals surface area contributed by atoms with Gasteiger partial charge in [-0.3, -0.25) is 4.79 Å². The van der Waals surface area contributed by atoms with E-state index in [0.29, 0.717) is 0 Å². The molecule has 126 valence electrons. The highest BCUT2D eigenvalue weighted by Gasteiger charge is 2.28. The van der Waals surface area contributed by atoms with E-state index in [2.05, 4.69) is 10.1 Å². The highest BCUT2D eigenvalue weighted by atomic mass is 35.5. The molecule has 0 aromatic heterocycles. The smallest absolute Gasteiger partial charge is 0.422 e. The van der Waals surface area contributed by atoms with Gasteiger partial charge in [-0.1, -0.05) is 12.1 Å². The van der Waals surface area contributed by atoms with Gasteiger partial charge in [-0.05, 0) is 17.7 Å². The van der Waals surface area contributed by atoms with Crippen LogP contribution in [-0.2, 0) is 16.1 Å². The van der Waals surface area contributed by atoms with Crippen molar-refractivity contribution in [1.82, 2.24) is 5.32 Å². The summed E-state index contributed by atoms with van der Waals surface area (Å²) in [6.07, 6.45) is -5.09. The van der Waals surface area contributed by atoms with Crippen molar-refractivity contribution >= 4 is 18.3 Å². The maximum absolute atomic E-state index is 12.0. The van der Waals surface area contributed by atoms with Crippen LogP contribution in [-0.4, -0.2) is 38.4 Å². The van der Waals surface area contributed by atoms with Gasteiger partial charge in [0, 0.05) is 20.2 Å². The zero-order valence-electron chi connectivity index (χ0n) is 11.9. The SMILES string of the molecule is COC(CN)C(=O)NCc1ccc(OCC(F)(F)F)cc1.Cl. The largest absolute Gasteiger partial charge is 0.484 e. The van der Waals surface area contributed by atoms with E-state index in [4.69, 9.17) is 10.5 Å². The first-order chi connectivity index (χ1) is 9.85. The molecular formula is C13H18ClF3N2O3. The zero-order valence-corrected chi connectivity index (χ0v) is 12.7. The standard InChI is InChI=1S/C13H17F3N2O3.ClH/c1-20-11(6-17)12(19)18-7-9-2-4-10(5-3-9)21-8-13(14,15)16;/h2-5,11H,6-8,17H2,1H3,(H,18,19);1H. The summed E-state index contributed by atoms with van der Waals surface area (Å²) in [5.41, 5.74) is 6.06. The Labute approximate surface area is 132 Å². The van der Waals surface area contributed by atoms with Gasteiger partial charge in [0.05, 0.1) is 0 Å². The van der Waals surface area contributed by atoms with Crippen molar-refractivity contribution in [2.75, 3.05) is 20.3 Å². The average molecular weight is 343 g/mol. The second-order valence-corrected chi connectivity index (χ2v) is 4.23. The topological polar surface area (TPSA) is 73.6 Å². The number of nitrogens with one attached hydrogen (secondary N) is 1. The number of ether oxygens (including phenoxy) is 2. The lowest BCUT2D eigenvalue weighted by atomic mass is 10.2. The monoisotopic (exact) mass is 342 g/mol. The van der Waals surface area contributed by atoms with E-state index in [0.717, 1.165) is 5.56 Å². The van der Waals surface area contributed by atoms with Crippen LogP contribution in [0.25, 0.3) is 0 Å². The van der Waals surface area contributed by atoms with Crippen molar-refractivity contribution in [3.63, 3.8) is 0 Å². The van der Waals surface area contributed by atoms with Crippen molar-refractivity contribution < 1.29 is 27.4 Å². The first-order valence-corrected chi connectivity index (χ1v) is 6.15. The van der Waals surface area contributed by atoms with Gasteiger partial charge in [0.15, 0.2) is 6.61 Å². The fraction of sp³-hybridized carbons (Fsp3) is 0.462. The minimum absolute atomic E-state index is 0. The third-order valence-electron chi connectivity index (χ3n) is 2.58. The summed E-state index contributed by atoms with van der Waals surface area (Å²) in [7, 11) is 1.38. The molecule has 5 nitrogen and oxygen atoms in total. The van der Waals surface area contributed by atoms with Crippen LogP contribution in [0, 0.1) is 0 Å². The van der Waals surface area contributed by atoms with E-state index in [-0.39, 0.29) is 37.2 Å². The van der Waals surface area contributed by atoms with Crippen LogP contribution in [0.15, 0.2) is 24.3 Å². The number of benzene rings is 1. The summed E-state index contributed by atoms with van der Waals surface area (Å²) < 4.78 is 45.4. The molecule has 0 aliphatic carbocycles. The summed E-state index contributed by atoms with van der Waals surface area (Å²) in [5.74, 6) is -0.239. The highest BCUT2D eigenvalue weighted by molar-refractivity contribution is 5.85. The number of carbonyl (C=O) groups excluding carboxylic acids is 1. The number of hydrogen-bond acceptors (Lipinski definition) is 4. The molecule has 22 heavy (non-hydrogen) atoms. The molecule has 0 spiro atoms. The first kappa shape index (κ1) is 20.5. The van der Waals surface area contributed by atoms with Crippen LogP contribution in [0.5, 0.6) is 5.75 Å². The number of halogens is 4. The average Bonchev–Trinajstić information content (AvgIpc) is 2.44. The number of alkyl halides is 3. The number of rotatable bonds is 7. The van der Waals surface area contributed by atoms with Crippen molar-refractivity contribution in [2.24, 2.45) is 5.73 Å². The maximum Gasteiger partial charge on any atom is 0.422 e. The molecule has 1 unspecified atom stereocenters. The molecule has 1 rings (SSSR count). The van der Waals surface area contributed by atoms with Gasteiger partial charge in [0.1, 0.15) is 11.9 Å². The van der Waals surface area contributed by atoms with Crippen molar-refractivity contribution in [1.29, 1.82) is 0 Å². The van der Waals surface area contributed by atoms with Crippen LogP contribution in [0.3, 0.4) is 0 Å². The lowest BCUT2D eigenvalue weighted by Gasteiger charge is -2.13. The second-order valence-electron chi connectivity index (χ2n) is 4.23. The van der Waals surface area contributed by atoms with Gasteiger partial charge in [-0.2, -0.15) is 13.2 Å². The minimum Gasteiger partial charge on any atom is -0.484 e. The molecule has 0 aliphatic rings. The van der Waals surface area contributed by atoms with Crippen LogP contribution >= 0.6 is 12.4 Å². The molecule has 1 aromatic carbocycles. The van der Waals surface area contributed by atoms with Crippen LogP contribution in [0.4, 0.5) is 13.2 Å². The predicted octanol–water partition coefficient (Wildman–Crippen LogP) is 1.64. The Morgan fingerprint density at radius 1 is 1.32 bits per heavy atom. The molecule has 9 heteroatoms. The number of nitrogens with two attached hydrogens (primary N) is 1. The molecule has 0 saturated carbocycles. The number of hydrogen-bond donors (Lipinski definition) is 2. The van der Waals surface area contributed by atoms with Crippen molar-refractivity contribution in [2.45, 2.75) is 18.8 Å². The number of methoxy groups -OCH3 is 1. The third-order valence-corrected chi connectivity index (χ3v) is 2.58. The fourth-order valence-electron chi connectivity index (χ4n) is 1.48. The molecule has 0 fully saturated rings. The number of amides is 1. The van der Waals surface area contributed by atoms with Crippen LogP contribution < -0.4 is 15.8 Å². The molecular weight excluding hydrogens is 325 g/mol. The van der Waals surface area contributed by atoms with Gasteiger partial charge in [-0.15, -0.1) is 12.4 Å². The van der Waals surface area contributed by atoms with Gasteiger partial charge < -0.3 is 20.5 Å². The van der Waals surface area contributed by atoms with Crippen LogP contribution in [0.2, 0.25) is 0 Å². The summed E-state index contributed by atoms with van der Waals surface area (Å²) in [6, 6.07) is 5.94. The molecule has 0 heterocycles. The Balaban J connectivity index is 0.00000441. The van der Waals surface area contributed by atoms with E-state index in [9.17, 15) is 18.0 Å². The van der Waals surface area contributed by atoms with Gasteiger partial charge in [0.25, 0.3) is 5.91 Å². The normalized spacial score (nSPS) is 12.2. The Morgan fingerprint density at radius 2 is 1.91 bits per heavy atom. The van der Waals surface area contributed by atoms with Crippen molar-refractivity contribution in [3.8, 4) is 5.75 Å². The lowest BCUT2D eigenvalue weighted by molar-refractivity contribution is -0.153. The molecule has 0 bridgehead atoms. The molecule has 0 aliphatic heterocycles. The molecule has 3 N–H and O–H groups in total. The van der Waals surface area contributed by atoms with E-state index in [1.807, 2.05) is 0 Å². The number of carbonyl (C=O) groups is 1. The molecule has 0 saturated heterocycles. The minimum atomic E-state index is -4.37. The van der Waals surface area contributed by atoms with E-state index >= 15 is 0 Å². The quantitative estimate of drug-likeness (QED) is 0.790. The Kier molecular flexibility index (Phi) is 8.84. The lowest BCUT2D eigenvalue weighted by Crippen LogP contribution is -2.40. The van der Waals surface area contributed by atoms with E-state index < -0.39 is 18.9 Å². The first-order valence-electron chi connectivity index (χ1n) is 6.15. The maximum atomic E-state index is 12.0. The molecule has 1 aromatic rings. The molecule has 0 radical (unpaired) electrons. The Bertz CT molecular complexity index is 451. The Hall–Kier alpha value is -1.51. The summed E-state index contributed by atoms with van der Waals surface area (Å²) in [4.78, 5) is 11.6. The highest BCUT2D eigenvalue weighted by Crippen LogP contribution is 2.18. The third kappa shape index (κ3) is 7.48. The fourth-order valence-corrected chi connectivity index (χ4v) is 1.48. The van der Waals surface area contributed by atoms with Gasteiger partial charge >= 0.3 is 6.18 Å². The van der Waals surface area contributed by atoms with Crippen molar-refractivity contribution in [3.05, 3.63) is 29.8 Å². The Morgan fingerprint density at radius 3 is 2.36 bits per heavy atom. The van der Waals surface area contributed by atoms with E-state index in [1.54, 1.807) is 12.1 Å². The van der Waals surface area contributed by atoms with Gasteiger partial charge in [-0.25, -0.2) is 0 Å². The molecule has 1 amide bonds. The van der Waals surface area contributed by atoms with E-state index in [1.165, 1.54) is 19.2 Å². The zero-order chi connectivity index (χ0) is 15.9. The van der Waals surface area contributed by atoms with Crippen LogP contribution in [0.1, 0.15) is 5.56 Å². The predicted molar refractivity (Wildman–Crippen MR) is 76.9 cm³/mol. The summed E-state index contributed by atoms with van der Waals surface area (Å²) in [6.45, 7) is -1.06. The summed E-state index contributed by atoms with van der Waals surface area (Å²) in [5, 5.41) is 2.61. The summed E-state index contributed by atoms with van der Waals surface area (Å²) >= 11 is 0.